The minimum atomic E-state index is -4.85. The molecule has 2 aromatic carbocycles. The molecule has 2 aromatic rings. The normalized spacial score (nSPS) is 11.5. The van der Waals surface area contributed by atoms with Crippen molar-refractivity contribution in [2.75, 3.05) is 0 Å². The number of carbonyl (C=O) groups excluding carboxylic acids is 1. The molecule has 0 aliphatic carbocycles. The molecule has 0 heterocycles. The second kappa shape index (κ2) is 25.9. The van der Waals surface area contributed by atoms with Crippen molar-refractivity contribution in [1.82, 2.24) is 0 Å². The van der Waals surface area contributed by atoms with Crippen LogP contribution in [0.5, 0.6) is 5.75 Å². The maximum absolute atomic E-state index is 10.6. The first kappa shape index (κ1) is 43.8. The Kier molecular flexibility index (Phi) is 26.4. The van der Waals surface area contributed by atoms with Crippen LogP contribution < -0.4 is 73.6 Å². The summed E-state index contributed by atoms with van der Waals surface area (Å²) >= 11 is 0. The molecule has 0 aromatic heterocycles. The maximum Gasteiger partial charge on any atom is 1.00 e. The summed E-state index contributed by atoms with van der Waals surface area (Å²) in [6, 6.07) is 11.2. The van der Waals surface area contributed by atoms with E-state index in [2.05, 4.69) is 4.52 Å². The van der Waals surface area contributed by atoms with Crippen LogP contribution in [-0.2, 0) is 15.8 Å². The maximum atomic E-state index is 10.6. The van der Waals surface area contributed by atoms with Crippen molar-refractivity contribution in [2.45, 2.75) is 96.3 Å². The molecule has 15 heteroatoms. The second-order valence-corrected chi connectivity index (χ2v) is 10.8. The molecule has 1 atom stereocenters. The fourth-order valence-electron chi connectivity index (χ4n) is 4.09. The van der Waals surface area contributed by atoms with Crippen LogP contribution in [0.4, 0.5) is 11.4 Å². The minimum Gasteiger partial charge on any atom is -0.746 e. The summed E-state index contributed by atoms with van der Waals surface area (Å²) in [7, 11) is -4.85. The molecule has 2 rings (SSSR count). The molecule has 1 N–H and O–H groups in total. The zero-order valence-electron chi connectivity index (χ0n) is 25.2. The van der Waals surface area contributed by atoms with E-state index in [0.717, 1.165) is 56.4 Å². The van der Waals surface area contributed by atoms with Crippen molar-refractivity contribution >= 4 is 25.2 Å². The largest absolute Gasteiger partial charge is 1.00 e. The number of benzene rings is 2. The molecular weight excluding hydrogens is 601 g/mol. The number of nitro groups is 2. The number of nitro benzene ring substituents is 2. The Bertz CT molecular complexity index is 1100. The standard InChI is InChI=1S/C22H35NO4.C6H6NO6P.2Na/c24-22(25)15-13-11-9-7-5-3-1-2-4-6-8-10-12-14-20-16-18-21(19-17-20)23(26)27;8-7(9)5-1-3-6(4-2-5)13-14(10,11)12;;/h16-19H,1-15H2,(H,24,25);1-4H,(H2,10,11,12);;/q;;2*+1/p-2. The van der Waals surface area contributed by atoms with E-state index in [9.17, 15) is 39.6 Å². The molecular formula is C28H39N2Na2O10P. The van der Waals surface area contributed by atoms with Crippen molar-refractivity contribution in [3.05, 3.63) is 74.3 Å². The Morgan fingerprint density at radius 1 is 0.674 bits per heavy atom. The van der Waals surface area contributed by atoms with Gasteiger partial charge < -0.3 is 24.2 Å². The van der Waals surface area contributed by atoms with Crippen LogP contribution in [0.2, 0.25) is 0 Å². The van der Waals surface area contributed by atoms with Gasteiger partial charge in [0, 0.05) is 30.2 Å². The number of carboxylic acids is 1. The van der Waals surface area contributed by atoms with E-state index >= 15 is 0 Å². The van der Waals surface area contributed by atoms with Crippen LogP contribution in [0.1, 0.15) is 95.5 Å². The SMILES string of the molecule is O=C([O-])CCCCCCCCCCCCCCCc1ccc([N+](=O)[O-])cc1.O=[N+]([O-])c1ccc(OP(=O)([O-])O)cc1.[Na+].[Na+]. The van der Waals surface area contributed by atoms with Crippen LogP contribution in [0.25, 0.3) is 0 Å². The number of carboxylic acid groups (broad SMARTS) is 1. The smallest absolute Gasteiger partial charge is 0.746 e. The van der Waals surface area contributed by atoms with Gasteiger partial charge in [0.1, 0.15) is 5.75 Å². The quantitative estimate of drug-likeness (QED) is 0.0665. The molecule has 0 saturated carbocycles. The van der Waals surface area contributed by atoms with E-state index < -0.39 is 18.7 Å². The summed E-state index contributed by atoms with van der Waals surface area (Å²) in [4.78, 5) is 48.6. The summed E-state index contributed by atoms with van der Waals surface area (Å²) in [5.41, 5.74) is 1.14. The summed E-state index contributed by atoms with van der Waals surface area (Å²) in [6.07, 6.45) is 16.7. The number of hydrogen-bond acceptors (Lipinski definition) is 9. The van der Waals surface area contributed by atoms with Gasteiger partial charge in [0.2, 0.25) is 0 Å². The van der Waals surface area contributed by atoms with Gasteiger partial charge >= 0.3 is 66.9 Å². The van der Waals surface area contributed by atoms with Crippen LogP contribution in [-0.4, -0.2) is 20.7 Å². The fourth-order valence-corrected chi connectivity index (χ4v) is 4.48. The number of unbranched alkanes of at least 4 members (excludes halogenated alkanes) is 12. The average Bonchev–Trinajstić information content (AvgIpc) is 2.90. The minimum absolute atomic E-state index is 0. The summed E-state index contributed by atoms with van der Waals surface area (Å²) in [5, 5.41) is 31.1. The second-order valence-electron chi connectivity index (χ2n) is 9.70. The van der Waals surface area contributed by atoms with Crippen molar-refractivity contribution in [3.63, 3.8) is 0 Å². The average molecular weight is 641 g/mol. The Morgan fingerprint density at radius 3 is 1.37 bits per heavy atom. The fraction of sp³-hybridized carbons (Fsp3) is 0.536. The molecule has 0 aliphatic rings. The molecule has 228 valence electrons. The van der Waals surface area contributed by atoms with E-state index in [1.54, 1.807) is 12.1 Å². The number of aliphatic carboxylic acids is 1. The van der Waals surface area contributed by atoms with Gasteiger partial charge in [-0.25, -0.2) is 0 Å². The number of nitrogens with zero attached hydrogens (tertiary/aromatic N) is 2. The van der Waals surface area contributed by atoms with Gasteiger partial charge in [0.05, 0.1) is 9.85 Å². The molecule has 0 saturated heterocycles. The Labute approximate surface area is 297 Å². The topological polar surface area (TPSA) is 196 Å². The number of aryl methyl sites for hydroxylation is 1. The molecule has 43 heavy (non-hydrogen) atoms. The number of non-ortho nitro benzene ring substituents is 2. The Hall–Kier alpha value is -1.34. The van der Waals surface area contributed by atoms with Gasteiger partial charge in [-0.2, -0.15) is 0 Å². The molecule has 0 aliphatic heterocycles. The number of hydrogen-bond donors (Lipinski definition) is 1. The third-order valence-electron chi connectivity index (χ3n) is 6.26. The van der Waals surface area contributed by atoms with Gasteiger partial charge in [-0.1, -0.05) is 82.8 Å². The van der Waals surface area contributed by atoms with Crippen LogP contribution in [0.15, 0.2) is 48.5 Å². The summed E-state index contributed by atoms with van der Waals surface area (Å²) < 4.78 is 14.3. The molecule has 1 unspecified atom stereocenters. The number of phosphoric acid groups is 1. The zero-order valence-corrected chi connectivity index (χ0v) is 30.1. The third kappa shape index (κ3) is 24.6. The monoisotopic (exact) mass is 640 g/mol. The van der Waals surface area contributed by atoms with Gasteiger partial charge in [0.15, 0.2) is 0 Å². The van der Waals surface area contributed by atoms with Crippen molar-refractivity contribution in [1.29, 1.82) is 0 Å². The summed E-state index contributed by atoms with van der Waals surface area (Å²) in [6.45, 7) is 0. The van der Waals surface area contributed by atoms with Gasteiger partial charge in [-0.3, -0.25) is 24.8 Å². The van der Waals surface area contributed by atoms with Crippen LogP contribution in [0.3, 0.4) is 0 Å². The number of phosphoric ester groups is 1. The van der Waals surface area contributed by atoms with E-state index in [1.165, 1.54) is 63.4 Å². The molecule has 0 bridgehead atoms. The van der Waals surface area contributed by atoms with Crippen LogP contribution >= 0.6 is 7.82 Å². The van der Waals surface area contributed by atoms with E-state index in [0.29, 0.717) is 0 Å². The Balaban J connectivity index is 0. The third-order valence-corrected chi connectivity index (χ3v) is 6.70. The van der Waals surface area contributed by atoms with Gasteiger partial charge in [-0.15, -0.1) is 0 Å². The van der Waals surface area contributed by atoms with Gasteiger partial charge in [-0.05, 0) is 43.4 Å². The van der Waals surface area contributed by atoms with E-state index in [-0.39, 0.29) is 87.6 Å². The molecule has 12 nitrogen and oxygen atoms in total. The molecule has 0 spiro atoms. The van der Waals surface area contributed by atoms with E-state index in [4.69, 9.17) is 4.89 Å². The Morgan fingerprint density at radius 2 is 1.02 bits per heavy atom. The number of rotatable bonds is 20. The predicted molar refractivity (Wildman–Crippen MR) is 150 cm³/mol. The van der Waals surface area contributed by atoms with E-state index in [1.807, 2.05) is 12.1 Å². The van der Waals surface area contributed by atoms with Gasteiger partial charge in [0.25, 0.3) is 11.4 Å². The first-order valence-electron chi connectivity index (χ1n) is 13.9. The van der Waals surface area contributed by atoms with Crippen molar-refractivity contribution in [3.8, 4) is 5.75 Å². The van der Waals surface area contributed by atoms with Crippen molar-refractivity contribution in [2.24, 2.45) is 0 Å². The van der Waals surface area contributed by atoms with Crippen LogP contribution in [0, 0.1) is 20.2 Å². The molecule has 0 fully saturated rings. The zero-order chi connectivity index (χ0) is 30.5. The first-order valence-corrected chi connectivity index (χ1v) is 15.4. The number of carbonyl (C=O) groups is 1. The predicted octanol–water partition coefficient (Wildman–Crippen LogP) is -0.209. The summed E-state index contributed by atoms with van der Waals surface area (Å²) in [5.74, 6) is -1.11. The first-order chi connectivity index (χ1) is 19.5. The van der Waals surface area contributed by atoms with Crippen molar-refractivity contribution < 1.29 is 97.7 Å². The molecule has 0 radical (unpaired) electrons. The molecule has 0 amide bonds.